The maximum atomic E-state index is 12.7. The molecule has 35 heavy (non-hydrogen) atoms. The Morgan fingerprint density at radius 2 is 1.69 bits per heavy atom. The fourth-order valence-corrected chi connectivity index (χ4v) is 4.19. The van der Waals surface area contributed by atoms with Gasteiger partial charge in [0.1, 0.15) is 0 Å². The third-order valence-corrected chi connectivity index (χ3v) is 6.12. The molecule has 0 spiro atoms. The van der Waals surface area contributed by atoms with E-state index in [1.54, 1.807) is 42.7 Å². The summed E-state index contributed by atoms with van der Waals surface area (Å²) in [7, 11) is 0. The van der Waals surface area contributed by atoms with E-state index in [0.29, 0.717) is 5.95 Å². The number of ketones is 1. The van der Waals surface area contributed by atoms with Crippen LogP contribution >= 0.6 is 23.2 Å². The van der Waals surface area contributed by atoms with E-state index in [2.05, 4.69) is 21.8 Å². The van der Waals surface area contributed by atoms with Crippen molar-refractivity contribution < 1.29 is 14.7 Å². The number of aliphatic carboxylic acids is 1. The lowest BCUT2D eigenvalue weighted by Gasteiger charge is -2.22. The summed E-state index contributed by atoms with van der Waals surface area (Å²) in [4.78, 5) is 35.2. The highest BCUT2D eigenvalue weighted by molar-refractivity contribution is 6.39. The van der Waals surface area contributed by atoms with Gasteiger partial charge in [-0.2, -0.15) is 0 Å². The molecule has 0 saturated heterocycles. The van der Waals surface area contributed by atoms with Crippen molar-refractivity contribution in [2.75, 3.05) is 11.4 Å². The number of anilines is 2. The Morgan fingerprint density at radius 3 is 2.29 bits per heavy atom. The van der Waals surface area contributed by atoms with Gasteiger partial charge in [0.25, 0.3) is 0 Å². The lowest BCUT2D eigenvalue weighted by molar-refractivity contribution is -0.141. The zero-order valence-electron chi connectivity index (χ0n) is 19.4. The van der Waals surface area contributed by atoms with Gasteiger partial charge in [-0.25, -0.2) is 9.97 Å². The molecule has 2 aromatic carbocycles. The molecular weight excluding hydrogens is 485 g/mol. The molecule has 1 unspecified atom stereocenters. The number of unbranched alkanes of at least 4 members (excludes halogenated alkanes) is 1. The smallest absolute Gasteiger partial charge is 0.307 e. The molecule has 1 N–H and O–H groups in total. The molecule has 3 rings (SSSR count). The number of halogens is 2. The first-order valence-electron chi connectivity index (χ1n) is 11.4. The van der Waals surface area contributed by atoms with Crippen LogP contribution in [0.25, 0.3) is 6.08 Å². The summed E-state index contributed by atoms with van der Waals surface area (Å²) in [5.41, 5.74) is 2.06. The molecule has 0 radical (unpaired) electrons. The van der Waals surface area contributed by atoms with Crippen LogP contribution in [0.15, 0.2) is 67.0 Å². The molecule has 0 aliphatic rings. The molecule has 1 heterocycles. The molecule has 1 aromatic heterocycles. The van der Waals surface area contributed by atoms with E-state index < -0.39 is 11.9 Å². The maximum absolute atomic E-state index is 12.7. The zero-order valence-corrected chi connectivity index (χ0v) is 20.9. The second kappa shape index (κ2) is 13.0. The molecule has 6 nitrogen and oxygen atoms in total. The van der Waals surface area contributed by atoms with Crippen molar-refractivity contribution in [3.63, 3.8) is 0 Å². The van der Waals surface area contributed by atoms with Crippen LogP contribution in [0.5, 0.6) is 0 Å². The number of aromatic nitrogens is 2. The van der Waals surface area contributed by atoms with Crippen LogP contribution in [0.2, 0.25) is 10.0 Å². The van der Waals surface area contributed by atoms with E-state index >= 15 is 0 Å². The van der Waals surface area contributed by atoms with E-state index in [-0.39, 0.29) is 34.2 Å². The van der Waals surface area contributed by atoms with Crippen molar-refractivity contribution >= 4 is 52.7 Å². The predicted octanol–water partition coefficient (Wildman–Crippen LogP) is 7.10. The normalized spacial score (nSPS) is 12.0. The molecule has 182 valence electrons. The van der Waals surface area contributed by atoms with Gasteiger partial charge in [0, 0.05) is 31.0 Å². The minimum atomic E-state index is -1.05. The van der Waals surface area contributed by atoms with Gasteiger partial charge in [0.15, 0.2) is 5.78 Å². The number of hydrogen-bond donors (Lipinski definition) is 1. The second-order valence-electron chi connectivity index (χ2n) is 8.04. The van der Waals surface area contributed by atoms with E-state index in [4.69, 9.17) is 23.2 Å². The largest absolute Gasteiger partial charge is 0.481 e. The summed E-state index contributed by atoms with van der Waals surface area (Å²) in [6.45, 7) is 2.94. The van der Waals surface area contributed by atoms with E-state index in [0.717, 1.165) is 30.6 Å². The van der Waals surface area contributed by atoms with Crippen molar-refractivity contribution in [3.05, 3.63) is 88.2 Å². The van der Waals surface area contributed by atoms with Gasteiger partial charge in [-0.05, 0) is 48.7 Å². The number of allylic oxidation sites excluding steroid dienone is 1. The Hall–Kier alpha value is -3.22. The lowest BCUT2D eigenvalue weighted by Crippen LogP contribution is -2.20. The maximum Gasteiger partial charge on any atom is 0.307 e. The van der Waals surface area contributed by atoms with Gasteiger partial charge in [0.05, 0.1) is 21.5 Å². The van der Waals surface area contributed by atoms with Crippen molar-refractivity contribution in [3.8, 4) is 0 Å². The summed E-state index contributed by atoms with van der Waals surface area (Å²) in [5.74, 6) is -1.67. The molecule has 0 bridgehead atoms. The van der Waals surface area contributed by atoms with Crippen LogP contribution in [0, 0.1) is 5.92 Å². The fourth-order valence-electron chi connectivity index (χ4n) is 3.59. The van der Waals surface area contributed by atoms with Crippen molar-refractivity contribution in [2.24, 2.45) is 5.92 Å². The summed E-state index contributed by atoms with van der Waals surface area (Å²) in [6.07, 6.45) is 9.14. The summed E-state index contributed by atoms with van der Waals surface area (Å²) in [6, 6.07) is 14.4. The van der Waals surface area contributed by atoms with Gasteiger partial charge >= 0.3 is 5.97 Å². The number of hydrogen-bond acceptors (Lipinski definition) is 5. The molecule has 1 atom stereocenters. The van der Waals surface area contributed by atoms with Crippen LogP contribution in [0.1, 0.15) is 48.5 Å². The van der Waals surface area contributed by atoms with E-state index in [1.807, 2.05) is 30.3 Å². The third-order valence-electron chi connectivity index (χ3n) is 5.49. The average Bonchev–Trinajstić information content (AvgIpc) is 2.85. The highest BCUT2D eigenvalue weighted by Gasteiger charge is 2.23. The predicted molar refractivity (Wildman–Crippen MR) is 141 cm³/mol. The Bertz CT molecular complexity index is 1150. The Labute approximate surface area is 215 Å². The lowest BCUT2D eigenvalue weighted by atomic mass is 9.95. The van der Waals surface area contributed by atoms with E-state index in [9.17, 15) is 14.7 Å². The number of benzene rings is 2. The quantitative estimate of drug-likeness (QED) is 0.261. The monoisotopic (exact) mass is 511 g/mol. The fraction of sp³-hybridized carbons (Fsp3) is 0.259. The molecule has 0 aliphatic carbocycles. The van der Waals surface area contributed by atoms with Crippen LogP contribution in [-0.2, 0) is 4.79 Å². The molecule has 0 amide bonds. The molecule has 0 saturated carbocycles. The minimum Gasteiger partial charge on any atom is -0.481 e. The zero-order chi connectivity index (χ0) is 25.2. The Morgan fingerprint density at radius 1 is 1.03 bits per heavy atom. The van der Waals surface area contributed by atoms with Gasteiger partial charge in [-0.3, -0.25) is 9.59 Å². The van der Waals surface area contributed by atoms with Crippen LogP contribution in [0.3, 0.4) is 0 Å². The number of carboxylic acid groups (broad SMARTS) is 1. The third kappa shape index (κ3) is 7.38. The van der Waals surface area contributed by atoms with Crippen molar-refractivity contribution in [2.45, 2.75) is 32.6 Å². The standard InChI is InChI=1S/C27H27Cl2N3O3/c1-2-3-17-32(27-30-15-6-16-31-27)21-13-11-19(12-14-21)7-4-8-20(26(34)35)18-24(33)25-22(28)9-5-10-23(25)29/h4-7,9-16,20H,2-3,8,17-18H2,1H3,(H,34,35)/b7-4+. The van der Waals surface area contributed by atoms with Crippen molar-refractivity contribution in [1.82, 2.24) is 9.97 Å². The Balaban J connectivity index is 1.67. The second-order valence-corrected chi connectivity index (χ2v) is 8.86. The van der Waals surface area contributed by atoms with Crippen molar-refractivity contribution in [1.29, 1.82) is 0 Å². The molecular formula is C27H27Cl2N3O3. The topological polar surface area (TPSA) is 83.4 Å². The number of carbonyl (C=O) groups excluding carboxylic acids is 1. The molecule has 0 fully saturated rings. The number of nitrogens with zero attached hydrogens (tertiary/aromatic N) is 3. The highest BCUT2D eigenvalue weighted by Crippen LogP contribution is 2.28. The molecule has 8 heteroatoms. The first kappa shape index (κ1) is 26.4. The SMILES string of the molecule is CCCCN(c1ccc(/C=C/CC(CC(=O)c2c(Cl)cccc2Cl)C(=O)O)cc1)c1ncccn1. The first-order valence-corrected chi connectivity index (χ1v) is 12.2. The summed E-state index contributed by atoms with van der Waals surface area (Å²) in [5, 5.41) is 10.0. The molecule has 3 aromatic rings. The Kier molecular flexibility index (Phi) is 9.82. The summed E-state index contributed by atoms with van der Waals surface area (Å²) < 4.78 is 0. The number of rotatable bonds is 12. The van der Waals surface area contributed by atoms with Gasteiger partial charge in [-0.1, -0.05) is 66.9 Å². The number of carbonyl (C=O) groups is 2. The van der Waals surface area contributed by atoms with Crippen LogP contribution in [0.4, 0.5) is 11.6 Å². The van der Waals surface area contributed by atoms with Gasteiger partial charge < -0.3 is 10.0 Å². The molecule has 0 aliphatic heterocycles. The summed E-state index contributed by atoms with van der Waals surface area (Å²) >= 11 is 12.2. The van der Waals surface area contributed by atoms with E-state index in [1.165, 1.54) is 0 Å². The van der Waals surface area contributed by atoms with Gasteiger partial charge in [0.2, 0.25) is 5.95 Å². The average molecular weight is 512 g/mol. The number of carboxylic acids is 1. The van der Waals surface area contributed by atoms with Crippen LogP contribution < -0.4 is 4.90 Å². The first-order chi connectivity index (χ1) is 16.9. The minimum absolute atomic E-state index is 0.164. The van der Waals surface area contributed by atoms with Gasteiger partial charge in [-0.15, -0.1) is 0 Å². The number of Topliss-reactive ketones (excluding diaryl/α,β-unsaturated/α-hetero) is 1. The highest BCUT2D eigenvalue weighted by atomic mass is 35.5. The van der Waals surface area contributed by atoms with Crippen LogP contribution in [-0.4, -0.2) is 33.4 Å².